The minimum absolute atomic E-state index is 0.0396. The predicted molar refractivity (Wildman–Crippen MR) is 140 cm³/mol. The van der Waals surface area contributed by atoms with Crippen molar-refractivity contribution in [2.45, 2.75) is 10.8 Å². The van der Waals surface area contributed by atoms with E-state index in [0.717, 1.165) is 17.6 Å². The van der Waals surface area contributed by atoms with E-state index in [1.165, 1.54) is 13.2 Å². The number of carbonyl (C=O) groups is 1. The summed E-state index contributed by atoms with van der Waals surface area (Å²) in [5, 5.41) is 18.9. The normalized spacial score (nSPS) is 11.3. The fourth-order valence-electron chi connectivity index (χ4n) is 3.06. The number of benzene rings is 2. The molecule has 1 heterocycles. The minimum Gasteiger partial charge on any atom is -0.493 e. The quantitative estimate of drug-likeness (QED) is 0.120. The zero-order chi connectivity index (χ0) is 26.8. The zero-order valence-corrected chi connectivity index (χ0v) is 21.8. The highest BCUT2D eigenvalue weighted by Gasteiger charge is 2.18. The van der Waals surface area contributed by atoms with E-state index in [1.54, 1.807) is 18.2 Å². The number of sulfone groups is 1. The van der Waals surface area contributed by atoms with Crippen molar-refractivity contribution in [3.8, 4) is 23.3 Å². The number of para-hydroxylation sites is 1. The molecule has 0 fully saturated rings. The van der Waals surface area contributed by atoms with Gasteiger partial charge in [-0.1, -0.05) is 41.7 Å². The molecule has 1 aromatic heterocycles. The Kier molecular flexibility index (Phi) is 9.37. The number of hydrogen-bond acceptors (Lipinski definition) is 10. The second-order valence-corrected chi connectivity index (χ2v) is 10.6. The minimum atomic E-state index is -3.55. The Balaban J connectivity index is 1.64. The number of nitrogens with zero attached hydrogens (tertiary/aromatic N) is 3. The number of aromatic nitrogens is 2. The molecule has 37 heavy (non-hydrogen) atoms. The molecule has 0 aliphatic heterocycles. The number of allylic oxidation sites excluding steroid dienone is 1. The third-order valence-corrected chi connectivity index (χ3v) is 7.25. The molecular formula is C25H24N4O6S2. The maximum Gasteiger partial charge on any atom is 0.268 e. The maximum atomic E-state index is 12.5. The molecule has 0 aliphatic carbocycles. The summed E-state index contributed by atoms with van der Waals surface area (Å²) >= 11 is 0.691. The van der Waals surface area contributed by atoms with Crippen LogP contribution in [0.3, 0.4) is 0 Å². The van der Waals surface area contributed by atoms with Gasteiger partial charge < -0.3 is 14.2 Å². The Morgan fingerprint density at radius 2 is 1.86 bits per heavy atom. The van der Waals surface area contributed by atoms with E-state index in [2.05, 4.69) is 22.1 Å². The third kappa shape index (κ3) is 7.63. The highest BCUT2D eigenvalue weighted by atomic mass is 32.2. The molecule has 0 unspecified atom stereocenters. The van der Waals surface area contributed by atoms with Gasteiger partial charge in [0, 0.05) is 6.26 Å². The van der Waals surface area contributed by atoms with Crippen LogP contribution in [0, 0.1) is 11.3 Å². The Labute approximate surface area is 218 Å². The summed E-state index contributed by atoms with van der Waals surface area (Å²) in [6.45, 7) is 4.33. The largest absolute Gasteiger partial charge is 0.493 e. The molecule has 2 aromatic carbocycles. The summed E-state index contributed by atoms with van der Waals surface area (Å²) in [4.78, 5) is 12.5. The number of hydrogen-bond donors (Lipinski definition) is 1. The van der Waals surface area contributed by atoms with Crippen LogP contribution in [0.4, 0.5) is 5.13 Å². The number of amides is 1. The van der Waals surface area contributed by atoms with E-state index in [9.17, 15) is 18.5 Å². The molecule has 1 amide bonds. The van der Waals surface area contributed by atoms with Gasteiger partial charge in [-0.05, 0) is 41.8 Å². The Bertz CT molecular complexity index is 1460. The number of rotatable bonds is 12. The molecule has 3 aromatic rings. The van der Waals surface area contributed by atoms with E-state index >= 15 is 0 Å². The van der Waals surface area contributed by atoms with Gasteiger partial charge in [-0.25, -0.2) is 8.42 Å². The fourth-order valence-corrected chi connectivity index (χ4v) is 4.56. The molecule has 3 rings (SSSR count). The van der Waals surface area contributed by atoms with Crippen molar-refractivity contribution in [1.82, 2.24) is 10.2 Å². The van der Waals surface area contributed by atoms with Crippen LogP contribution in [0.15, 0.2) is 65.0 Å². The summed E-state index contributed by atoms with van der Waals surface area (Å²) in [6.07, 6.45) is 4.85. The summed E-state index contributed by atoms with van der Waals surface area (Å²) in [5.74, 6) is 0.877. The molecule has 0 spiro atoms. The third-order valence-electron chi connectivity index (χ3n) is 4.74. The van der Waals surface area contributed by atoms with Crippen molar-refractivity contribution in [3.05, 3.63) is 71.8 Å². The number of nitrogens with one attached hydrogen (secondary N) is 1. The lowest BCUT2D eigenvalue weighted by molar-refractivity contribution is -0.112. The van der Waals surface area contributed by atoms with Gasteiger partial charge in [-0.2, -0.15) is 5.26 Å². The number of nitriles is 1. The van der Waals surface area contributed by atoms with Gasteiger partial charge in [0.25, 0.3) is 5.91 Å². The second-order valence-electron chi connectivity index (χ2n) is 7.48. The van der Waals surface area contributed by atoms with E-state index in [1.807, 2.05) is 36.4 Å². The Hall–Kier alpha value is -4.21. The van der Waals surface area contributed by atoms with Crippen LogP contribution in [-0.2, 0) is 21.1 Å². The molecular weight excluding hydrogens is 516 g/mol. The topological polar surface area (TPSA) is 140 Å². The molecule has 10 nitrogen and oxygen atoms in total. The van der Waals surface area contributed by atoms with Crippen LogP contribution in [0.25, 0.3) is 6.08 Å². The average Bonchev–Trinajstić information content (AvgIpc) is 3.35. The molecule has 12 heteroatoms. The van der Waals surface area contributed by atoms with Crippen molar-refractivity contribution in [2.24, 2.45) is 0 Å². The number of carbonyl (C=O) groups excluding carboxylic acids is 1. The lowest BCUT2D eigenvalue weighted by Crippen LogP contribution is -2.13. The SMILES string of the molecule is C=CCc1ccccc1OCCOc1ccc(/C=C(/C#N)C(=O)Nc2nnc(S(C)(=O)=O)s2)cc1OC. The molecule has 0 aliphatic rings. The van der Waals surface area contributed by atoms with Crippen molar-refractivity contribution < 1.29 is 27.4 Å². The molecule has 0 atom stereocenters. The van der Waals surface area contributed by atoms with Gasteiger partial charge in [0.05, 0.1) is 7.11 Å². The standard InChI is InChI=1S/C25H24N4O6S2/c1-4-7-18-8-5-6-9-20(18)34-12-13-35-21-11-10-17(15-22(21)33-2)14-19(16-26)23(30)27-24-28-29-25(36-24)37(3,31)32/h4-6,8-11,14-15H,1,7,12-13H2,2-3H3,(H,27,28,30)/b19-14-. The highest BCUT2D eigenvalue weighted by Crippen LogP contribution is 2.29. The van der Waals surface area contributed by atoms with E-state index in [-0.39, 0.29) is 21.7 Å². The van der Waals surface area contributed by atoms with Crippen LogP contribution < -0.4 is 19.5 Å². The van der Waals surface area contributed by atoms with Crippen molar-refractivity contribution in [2.75, 3.05) is 31.9 Å². The molecule has 0 bridgehead atoms. The Morgan fingerprint density at radius 3 is 2.51 bits per heavy atom. The number of anilines is 1. The summed E-state index contributed by atoms with van der Waals surface area (Å²) in [5.41, 5.74) is 1.32. The average molecular weight is 541 g/mol. The first-order valence-corrected chi connectivity index (χ1v) is 13.5. The van der Waals surface area contributed by atoms with E-state index in [0.29, 0.717) is 41.4 Å². The van der Waals surface area contributed by atoms with Crippen LogP contribution in [0.1, 0.15) is 11.1 Å². The fraction of sp³-hybridized carbons (Fsp3) is 0.200. The second kappa shape index (κ2) is 12.7. The molecule has 0 radical (unpaired) electrons. The highest BCUT2D eigenvalue weighted by molar-refractivity contribution is 7.92. The zero-order valence-electron chi connectivity index (χ0n) is 20.1. The summed E-state index contributed by atoms with van der Waals surface area (Å²) in [6, 6.07) is 14.5. The number of methoxy groups -OCH3 is 1. The molecule has 0 saturated heterocycles. The lowest BCUT2D eigenvalue weighted by Gasteiger charge is -2.13. The van der Waals surface area contributed by atoms with Crippen LogP contribution in [0.5, 0.6) is 17.2 Å². The van der Waals surface area contributed by atoms with Crippen molar-refractivity contribution in [1.29, 1.82) is 5.26 Å². The van der Waals surface area contributed by atoms with Crippen LogP contribution in [-0.4, -0.2) is 51.1 Å². The van der Waals surface area contributed by atoms with Crippen molar-refractivity contribution in [3.63, 3.8) is 0 Å². The lowest BCUT2D eigenvalue weighted by atomic mass is 10.1. The summed E-state index contributed by atoms with van der Waals surface area (Å²) in [7, 11) is -2.08. The molecule has 0 saturated carbocycles. The molecule has 1 N–H and O–H groups in total. The van der Waals surface area contributed by atoms with Gasteiger partial charge in [-0.15, -0.1) is 16.8 Å². The Morgan fingerprint density at radius 1 is 1.14 bits per heavy atom. The predicted octanol–water partition coefficient (Wildman–Crippen LogP) is 3.68. The van der Waals surface area contributed by atoms with E-state index in [4.69, 9.17) is 14.2 Å². The first-order valence-electron chi connectivity index (χ1n) is 10.8. The molecule has 192 valence electrons. The summed E-state index contributed by atoms with van der Waals surface area (Å²) < 4.78 is 39.8. The van der Waals surface area contributed by atoms with Gasteiger partial charge in [0.2, 0.25) is 19.3 Å². The van der Waals surface area contributed by atoms with Gasteiger partial charge in [0.15, 0.2) is 11.5 Å². The van der Waals surface area contributed by atoms with Crippen molar-refractivity contribution >= 4 is 38.3 Å². The van der Waals surface area contributed by atoms with Gasteiger partial charge >= 0.3 is 0 Å². The monoisotopic (exact) mass is 540 g/mol. The maximum absolute atomic E-state index is 12.5. The first-order chi connectivity index (χ1) is 17.7. The van der Waals surface area contributed by atoms with Crippen LogP contribution >= 0.6 is 11.3 Å². The van der Waals surface area contributed by atoms with E-state index < -0.39 is 15.7 Å². The van der Waals surface area contributed by atoms with Crippen LogP contribution in [0.2, 0.25) is 0 Å². The number of ether oxygens (including phenoxy) is 3. The first kappa shape index (κ1) is 27.4. The smallest absolute Gasteiger partial charge is 0.268 e. The van der Waals surface area contributed by atoms with Gasteiger partial charge in [0.1, 0.15) is 30.6 Å². The van der Waals surface area contributed by atoms with Gasteiger partial charge in [-0.3, -0.25) is 10.1 Å².